The molecule has 0 aliphatic carbocycles. The Bertz CT molecular complexity index is 580. The minimum Gasteiger partial charge on any atom is -0.478 e. The number of hydrogen-bond donors (Lipinski definition) is 2. The van der Waals surface area contributed by atoms with Crippen LogP contribution < -0.4 is 0 Å². The standard InChI is InChI=1S/C9H5F3N4O2/c10-9(11,12)7-4(8(17)18)1-2-5(14-7)6-3-13-16-15-6/h1-3H,(H,17,18)(H,13,15,16). The molecule has 2 aromatic rings. The van der Waals surface area contributed by atoms with E-state index >= 15 is 0 Å². The number of pyridine rings is 1. The first-order valence-corrected chi connectivity index (χ1v) is 4.57. The lowest BCUT2D eigenvalue weighted by Crippen LogP contribution is -2.15. The number of carbonyl (C=O) groups is 1. The molecule has 18 heavy (non-hydrogen) atoms. The normalized spacial score (nSPS) is 11.5. The molecule has 2 aromatic heterocycles. The molecule has 94 valence electrons. The largest absolute Gasteiger partial charge is 0.478 e. The molecule has 0 saturated heterocycles. The smallest absolute Gasteiger partial charge is 0.434 e. The highest BCUT2D eigenvalue weighted by Crippen LogP contribution is 2.31. The van der Waals surface area contributed by atoms with Crippen LogP contribution in [-0.4, -0.2) is 31.5 Å². The van der Waals surface area contributed by atoms with Gasteiger partial charge in [0.25, 0.3) is 0 Å². The number of nitrogens with zero attached hydrogens (tertiary/aromatic N) is 3. The summed E-state index contributed by atoms with van der Waals surface area (Å²) < 4.78 is 38.0. The van der Waals surface area contributed by atoms with Crippen molar-refractivity contribution < 1.29 is 23.1 Å². The van der Waals surface area contributed by atoms with Crippen LogP contribution in [0.2, 0.25) is 0 Å². The van der Waals surface area contributed by atoms with Gasteiger partial charge in [-0.25, -0.2) is 9.78 Å². The zero-order valence-corrected chi connectivity index (χ0v) is 8.56. The summed E-state index contributed by atoms with van der Waals surface area (Å²) in [5.41, 5.74) is -2.39. The van der Waals surface area contributed by atoms with Crippen molar-refractivity contribution >= 4 is 5.97 Å². The van der Waals surface area contributed by atoms with Crippen molar-refractivity contribution in [3.63, 3.8) is 0 Å². The maximum Gasteiger partial charge on any atom is 0.434 e. The first-order chi connectivity index (χ1) is 8.39. The van der Waals surface area contributed by atoms with Gasteiger partial charge >= 0.3 is 12.1 Å². The molecule has 2 N–H and O–H groups in total. The third-order valence-electron chi connectivity index (χ3n) is 2.07. The summed E-state index contributed by atoms with van der Waals surface area (Å²) in [6.45, 7) is 0. The first-order valence-electron chi connectivity index (χ1n) is 4.57. The predicted octanol–water partition coefficient (Wildman–Crippen LogP) is 1.58. The molecule has 0 bridgehead atoms. The Labute approximate surface area is 97.5 Å². The molecule has 2 heterocycles. The van der Waals surface area contributed by atoms with Crippen LogP contribution in [0.3, 0.4) is 0 Å². The van der Waals surface area contributed by atoms with Gasteiger partial charge in [-0.2, -0.15) is 28.6 Å². The molecule has 0 atom stereocenters. The molecular formula is C9H5F3N4O2. The van der Waals surface area contributed by atoms with Crippen LogP contribution in [0.25, 0.3) is 11.4 Å². The number of aromatic carboxylic acids is 1. The SMILES string of the molecule is O=C(O)c1ccc(-c2cn[nH]n2)nc1C(F)(F)F. The highest BCUT2D eigenvalue weighted by molar-refractivity contribution is 5.89. The van der Waals surface area contributed by atoms with Gasteiger partial charge in [-0.05, 0) is 12.1 Å². The van der Waals surface area contributed by atoms with Crippen LogP contribution in [0.4, 0.5) is 13.2 Å². The average Bonchev–Trinajstić information content (AvgIpc) is 2.80. The third kappa shape index (κ3) is 2.14. The van der Waals surface area contributed by atoms with Crippen molar-refractivity contribution in [1.29, 1.82) is 0 Å². The number of aromatic amines is 1. The zero-order chi connectivity index (χ0) is 13.3. The summed E-state index contributed by atoms with van der Waals surface area (Å²) in [5, 5.41) is 17.9. The van der Waals surface area contributed by atoms with E-state index in [-0.39, 0.29) is 11.4 Å². The van der Waals surface area contributed by atoms with Crippen molar-refractivity contribution in [1.82, 2.24) is 20.4 Å². The van der Waals surface area contributed by atoms with Crippen molar-refractivity contribution in [3.05, 3.63) is 29.6 Å². The number of carboxylic acids is 1. The van der Waals surface area contributed by atoms with E-state index < -0.39 is 23.4 Å². The fourth-order valence-corrected chi connectivity index (χ4v) is 1.32. The Morgan fingerprint density at radius 1 is 1.28 bits per heavy atom. The van der Waals surface area contributed by atoms with Crippen LogP contribution in [0, 0.1) is 0 Å². The third-order valence-corrected chi connectivity index (χ3v) is 2.07. The van der Waals surface area contributed by atoms with Crippen LogP contribution in [0.15, 0.2) is 18.3 Å². The van der Waals surface area contributed by atoms with Gasteiger partial charge in [0.1, 0.15) is 5.69 Å². The van der Waals surface area contributed by atoms with Crippen molar-refractivity contribution in [2.75, 3.05) is 0 Å². The number of aromatic nitrogens is 4. The second-order valence-corrected chi connectivity index (χ2v) is 3.25. The highest BCUT2D eigenvalue weighted by atomic mass is 19.4. The number of H-pyrrole nitrogens is 1. The van der Waals surface area contributed by atoms with E-state index in [4.69, 9.17) is 5.11 Å². The summed E-state index contributed by atoms with van der Waals surface area (Å²) >= 11 is 0. The van der Waals surface area contributed by atoms with Gasteiger partial charge in [0.05, 0.1) is 17.5 Å². The Hall–Kier alpha value is -2.45. The number of rotatable bonds is 2. The molecule has 0 saturated carbocycles. The molecule has 0 aliphatic rings. The van der Waals surface area contributed by atoms with Crippen LogP contribution in [-0.2, 0) is 6.18 Å². The van der Waals surface area contributed by atoms with E-state index in [1.807, 2.05) is 0 Å². The van der Waals surface area contributed by atoms with Crippen molar-refractivity contribution in [2.24, 2.45) is 0 Å². The number of alkyl halides is 3. The fourth-order valence-electron chi connectivity index (χ4n) is 1.32. The van der Waals surface area contributed by atoms with Gasteiger partial charge in [0.15, 0.2) is 5.69 Å². The number of carboxylic acid groups (broad SMARTS) is 1. The Morgan fingerprint density at radius 2 is 2.00 bits per heavy atom. The molecule has 0 radical (unpaired) electrons. The van der Waals surface area contributed by atoms with E-state index in [2.05, 4.69) is 20.4 Å². The zero-order valence-electron chi connectivity index (χ0n) is 8.56. The maximum absolute atomic E-state index is 12.7. The van der Waals surface area contributed by atoms with E-state index in [0.717, 1.165) is 12.1 Å². The molecule has 0 amide bonds. The van der Waals surface area contributed by atoms with E-state index in [1.54, 1.807) is 0 Å². The molecular weight excluding hydrogens is 253 g/mol. The van der Waals surface area contributed by atoms with Gasteiger partial charge < -0.3 is 5.11 Å². The van der Waals surface area contributed by atoms with E-state index in [9.17, 15) is 18.0 Å². The molecule has 2 rings (SSSR count). The lowest BCUT2D eigenvalue weighted by molar-refractivity contribution is -0.141. The van der Waals surface area contributed by atoms with Gasteiger partial charge in [-0.3, -0.25) is 0 Å². The molecule has 0 unspecified atom stereocenters. The fraction of sp³-hybridized carbons (Fsp3) is 0.111. The van der Waals surface area contributed by atoms with Crippen molar-refractivity contribution in [2.45, 2.75) is 6.18 Å². The highest BCUT2D eigenvalue weighted by Gasteiger charge is 2.37. The number of nitrogens with one attached hydrogen (secondary N) is 1. The molecule has 0 aromatic carbocycles. The molecule has 0 spiro atoms. The molecule has 0 fully saturated rings. The van der Waals surface area contributed by atoms with E-state index in [0.29, 0.717) is 0 Å². The molecule has 0 aliphatic heterocycles. The predicted molar refractivity (Wildman–Crippen MR) is 51.6 cm³/mol. The topological polar surface area (TPSA) is 91.8 Å². The van der Waals surface area contributed by atoms with Crippen LogP contribution in [0.5, 0.6) is 0 Å². The summed E-state index contributed by atoms with van der Waals surface area (Å²) in [7, 11) is 0. The minimum absolute atomic E-state index is 0.0949. The Kier molecular flexibility index (Phi) is 2.73. The summed E-state index contributed by atoms with van der Waals surface area (Å²) in [6, 6.07) is 1.97. The summed E-state index contributed by atoms with van der Waals surface area (Å²) in [6.07, 6.45) is -3.67. The monoisotopic (exact) mass is 258 g/mol. The second kappa shape index (κ2) is 4.09. The van der Waals surface area contributed by atoms with E-state index in [1.165, 1.54) is 6.20 Å². The number of halogens is 3. The minimum atomic E-state index is -4.85. The summed E-state index contributed by atoms with van der Waals surface area (Å²) in [4.78, 5) is 14.0. The lowest BCUT2D eigenvalue weighted by Gasteiger charge is -2.09. The van der Waals surface area contributed by atoms with Gasteiger partial charge in [0.2, 0.25) is 0 Å². The molecule has 6 nitrogen and oxygen atoms in total. The Morgan fingerprint density at radius 3 is 2.50 bits per heavy atom. The van der Waals surface area contributed by atoms with Gasteiger partial charge in [-0.15, -0.1) is 0 Å². The number of hydrogen-bond acceptors (Lipinski definition) is 4. The first kappa shape index (κ1) is 12.0. The van der Waals surface area contributed by atoms with Crippen LogP contribution >= 0.6 is 0 Å². The van der Waals surface area contributed by atoms with Gasteiger partial charge in [-0.1, -0.05) is 0 Å². The Balaban J connectivity index is 2.60. The summed E-state index contributed by atoms with van der Waals surface area (Å²) in [5.74, 6) is -1.69. The average molecular weight is 258 g/mol. The van der Waals surface area contributed by atoms with Gasteiger partial charge in [0, 0.05) is 0 Å². The lowest BCUT2D eigenvalue weighted by atomic mass is 10.1. The van der Waals surface area contributed by atoms with Crippen molar-refractivity contribution in [3.8, 4) is 11.4 Å². The molecule has 9 heteroatoms. The quantitative estimate of drug-likeness (QED) is 0.853. The maximum atomic E-state index is 12.7. The second-order valence-electron chi connectivity index (χ2n) is 3.25. The van der Waals surface area contributed by atoms with Crippen LogP contribution in [0.1, 0.15) is 16.1 Å².